The van der Waals surface area contributed by atoms with Crippen LogP contribution in [0.15, 0.2) is 42.7 Å². The van der Waals surface area contributed by atoms with Crippen LogP contribution >= 0.6 is 0 Å². The zero-order valence-electron chi connectivity index (χ0n) is 15.1. The summed E-state index contributed by atoms with van der Waals surface area (Å²) in [5.74, 6) is 1.31. The van der Waals surface area contributed by atoms with E-state index in [0.29, 0.717) is 30.2 Å². The van der Waals surface area contributed by atoms with E-state index in [-0.39, 0.29) is 12.7 Å². The molecule has 9 nitrogen and oxygen atoms in total. The van der Waals surface area contributed by atoms with Crippen molar-refractivity contribution in [2.75, 3.05) is 6.79 Å². The van der Waals surface area contributed by atoms with E-state index >= 15 is 0 Å². The molecule has 140 valence electrons. The molecule has 4 heterocycles. The van der Waals surface area contributed by atoms with Gasteiger partial charge in [0.05, 0.1) is 5.52 Å². The van der Waals surface area contributed by atoms with Gasteiger partial charge in [-0.3, -0.25) is 9.78 Å². The van der Waals surface area contributed by atoms with Crippen LogP contribution in [0, 0.1) is 0 Å². The lowest BCUT2D eigenvalue weighted by Gasteiger charge is -2.21. The summed E-state index contributed by atoms with van der Waals surface area (Å²) in [5.41, 5.74) is 3.21. The number of carbonyl (C=O) groups is 1. The highest BCUT2D eigenvalue weighted by molar-refractivity contribution is 5.86. The average Bonchev–Trinajstić information content (AvgIpc) is 3.36. The molecule has 1 amide bonds. The Morgan fingerprint density at radius 1 is 1.21 bits per heavy atom. The Morgan fingerprint density at radius 2 is 2.07 bits per heavy atom. The quantitative estimate of drug-likeness (QED) is 0.537. The normalized spacial score (nSPS) is 12.6. The van der Waals surface area contributed by atoms with Crippen molar-refractivity contribution in [2.24, 2.45) is 0 Å². The number of carbonyl (C=O) groups excluding carboxylic acids is 1. The van der Waals surface area contributed by atoms with Crippen LogP contribution in [0.25, 0.3) is 16.6 Å². The smallest absolute Gasteiger partial charge is 0.231 e. The second-order valence-corrected chi connectivity index (χ2v) is 6.58. The van der Waals surface area contributed by atoms with Crippen LogP contribution in [0.1, 0.15) is 18.1 Å². The molecule has 0 fully saturated rings. The molecule has 28 heavy (non-hydrogen) atoms. The number of rotatable bonds is 4. The van der Waals surface area contributed by atoms with Crippen molar-refractivity contribution in [3.05, 3.63) is 53.9 Å². The molecule has 0 bridgehead atoms. The highest BCUT2D eigenvalue weighted by atomic mass is 16.7. The fourth-order valence-corrected chi connectivity index (χ4v) is 3.36. The monoisotopic (exact) mass is 376 g/mol. The van der Waals surface area contributed by atoms with E-state index in [9.17, 15) is 4.79 Å². The van der Waals surface area contributed by atoms with Gasteiger partial charge in [0.2, 0.25) is 12.7 Å². The number of benzene rings is 1. The molecule has 0 saturated heterocycles. The molecule has 0 atom stereocenters. The Balaban J connectivity index is 1.58. The summed E-state index contributed by atoms with van der Waals surface area (Å²) in [6, 6.07) is 9.55. The molecule has 3 aromatic heterocycles. The second-order valence-electron chi connectivity index (χ2n) is 6.58. The molecule has 0 unspecified atom stereocenters. The molecule has 1 aliphatic heterocycles. The summed E-state index contributed by atoms with van der Waals surface area (Å²) in [6.07, 6.45) is 3.46. The third-order valence-electron chi connectivity index (χ3n) is 4.74. The van der Waals surface area contributed by atoms with E-state index in [1.165, 1.54) is 0 Å². The van der Waals surface area contributed by atoms with E-state index in [2.05, 4.69) is 20.5 Å². The Kier molecular flexibility index (Phi) is 3.78. The van der Waals surface area contributed by atoms with Crippen LogP contribution in [0.2, 0.25) is 0 Å². The van der Waals surface area contributed by atoms with Gasteiger partial charge in [0.25, 0.3) is 0 Å². The first-order chi connectivity index (χ1) is 13.7. The van der Waals surface area contributed by atoms with Gasteiger partial charge < -0.3 is 14.4 Å². The summed E-state index contributed by atoms with van der Waals surface area (Å²) < 4.78 is 12.6. The largest absolute Gasteiger partial charge is 0.454 e. The first-order valence-corrected chi connectivity index (χ1v) is 8.77. The number of hydrogen-bond donors (Lipinski definition) is 0. The van der Waals surface area contributed by atoms with Crippen LogP contribution in [0.5, 0.6) is 11.5 Å². The lowest BCUT2D eigenvalue weighted by molar-refractivity contribution is -0.130. The van der Waals surface area contributed by atoms with Gasteiger partial charge in [-0.25, -0.2) is 0 Å². The van der Waals surface area contributed by atoms with Crippen molar-refractivity contribution in [3.63, 3.8) is 0 Å². The SMILES string of the molecule is CC(=O)N(Cc1cccnc1)Cc1cc2cc3c(cc2n2nnnc12)OCO3. The van der Waals surface area contributed by atoms with Crippen molar-refractivity contribution in [3.8, 4) is 11.5 Å². The van der Waals surface area contributed by atoms with Crippen LogP contribution in [0.4, 0.5) is 0 Å². The number of tetrazole rings is 1. The lowest BCUT2D eigenvalue weighted by atomic mass is 10.1. The summed E-state index contributed by atoms with van der Waals surface area (Å²) in [6.45, 7) is 2.57. The predicted octanol–water partition coefficient (Wildman–Crippen LogP) is 1.95. The minimum Gasteiger partial charge on any atom is -0.454 e. The van der Waals surface area contributed by atoms with Gasteiger partial charge >= 0.3 is 0 Å². The maximum atomic E-state index is 12.3. The topological polar surface area (TPSA) is 94.7 Å². The average molecular weight is 376 g/mol. The Morgan fingerprint density at radius 3 is 2.86 bits per heavy atom. The van der Waals surface area contributed by atoms with Gasteiger partial charge in [-0.2, -0.15) is 4.52 Å². The second kappa shape index (κ2) is 6.45. The van der Waals surface area contributed by atoms with Crippen molar-refractivity contribution >= 4 is 22.5 Å². The summed E-state index contributed by atoms with van der Waals surface area (Å²) in [4.78, 5) is 18.1. The molecule has 0 saturated carbocycles. The number of fused-ring (bicyclic) bond motifs is 4. The van der Waals surface area contributed by atoms with Crippen LogP contribution in [-0.2, 0) is 17.9 Å². The van der Waals surface area contributed by atoms with Gasteiger partial charge in [-0.05, 0) is 34.2 Å². The number of ether oxygens (including phenoxy) is 2. The van der Waals surface area contributed by atoms with E-state index < -0.39 is 0 Å². The van der Waals surface area contributed by atoms with E-state index in [1.807, 2.05) is 30.3 Å². The number of aromatic nitrogens is 5. The fourth-order valence-electron chi connectivity index (χ4n) is 3.36. The molecule has 0 spiro atoms. The van der Waals surface area contributed by atoms with Crippen LogP contribution in [-0.4, -0.2) is 42.6 Å². The number of hydrogen-bond acceptors (Lipinski definition) is 7. The molecular formula is C19H16N6O3. The van der Waals surface area contributed by atoms with Crippen LogP contribution in [0.3, 0.4) is 0 Å². The molecule has 0 aliphatic carbocycles. The standard InChI is InChI=1S/C19H16N6O3/c1-12(26)24(9-13-3-2-4-20-8-13)10-15-5-14-6-17-18(28-11-27-17)7-16(14)25-19(15)21-22-23-25/h2-8H,9-11H2,1H3. The van der Waals surface area contributed by atoms with Gasteiger partial charge in [0.1, 0.15) is 0 Å². The first kappa shape index (κ1) is 16.4. The van der Waals surface area contributed by atoms with Crippen LogP contribution < -0.4 is 9.47 Å². The lowest BCUT2D eigenvalue weighted by Crippen LogP contribution is -2.28. The van der Waals surface area contributed by atoms with E-state index in [1.54, 1.807) is 28.7 Å². The van der Waals surface area contributed by atoms with Crippen molar-refractivity contribution in [2.45, 2.75) is 20.0 Å². The molecule has 0 radical (unpaired) electrons. The van der Waals surface area contributed by atoms with E-state index in [0.717, 1.165) is 22.0 Å². The Bertz CT molecular complexity index is 1190. The maximum Gasteiger partial charge on any atom is 0.231 e. The predicted molar refractivity (Wildman–Crippen MR) is 98.6 cm³/mol. The number of nitrogens with zero attached hydrogens (tertiary/aromatic N) is 6. The minimum absolute atomic E-state index is 0.0414. The molecule has 9 heteroatoms. The van der Waals surface area contributed by atoms with Gasteiger partial charge in [-0.15, -0.1) is 5.10 Å². The third kappa shape index (κ3) is 2.77. The molecule has 4 aromatic rings. The molecule has 1 aliphatic rings. The summed E-state index contributed by atoms with van der Waals surface area (Å²) >= 11 is 0. The third-order valence-corrected chi connectivity index (χ3v) is 4.74. The summed E-state index contributed by atoms with van der Waals surface area (Å²) in [5, 5.41) is 13.0. The zero-order chi connectivity index (χ0) is 19.1. The zero-order valence-corrected chi connectivity index (χ0v) is 15.1. The first-order valence-electron chi connectivity index (χ1n) is 8.77. The van der Waals surface area contributed by atoms with Gasteiger partial charge in [-0.1, -0.05) is 6.07 Å². The van der Waals surface area contributed by atoms with E-state index in [4.69, 9.17) is 9.47 Å². The number of pyridine rings is 2. The molecule has 1 aromatic carbocycles. The maximum absolute atomic E-state index is 12.3. The van der Waals surface area contributed by atoms with Gasteiger partial charge in [0, 0.05) is 49.4 Å². The fraction of sp³-hybridized carbons (Fsp3) is 0.211. The molecule has 5 rings (SSSR count). The molecule has 0 N–H and O–H groups in total. The summed E-state index contributed by atoms with van der Waals surface area (Å²) in [7, 11) is 0. The van der Waals surface area contributed by atoms with Crippen molar-refractivity contribution in [1.82, 2.24) is 29.9 Å². The molecular weight excluding hydrogens is 360 g/mol. The van der Waals surface area contributed by atoms with Crippen molar-refractivity contribution in [1.29, 1.82) is 0 Å². The van der Waals surface area contributed by atoms with Gasteiger partial charge in [0.15, 0.2) is 17.1 Å². The van der Waals surface area contributed by atoms with Crippen molar-refractivity contribution < 1.29 is 14.3 Å². The highest BCUT2D eigenvalue weighted by Gasteiger charge is 2.20. The Hall–Kier alpha value is -3.75. The highest BCUT2D eigenvalue weighted by Crippen LogP contribution is 2.36. The Labute approximate surface area is 159 Å². The number of amides is 1. The minimum atomic E-state index is -0.0414.